The maximum absolute atomic E-state index is 5.41. The lowest BCUT2D eigenvalue weighted by molar-refractivity contribution is 0.556. The molecule has 2 heterocycles. The summed E-state index contributed by atoms with van der Waals surface area (Å²) in [6.45, 7) is 0. The Balaban J connectivity index is 2.45. The van der Waals surface area contributed by atoms with Crippen LogP contribution in [0.5, 0.6) is 0 Å². The van der Waals surface area contributed by atoms with Crippen LogP contribution in [0.3, 0.4) is 0 Å². The molecule has 0 radical (unpaired) electrons. The average Bonchev–Trinajstić information content (AvgIpc) is 2.55. The van der Waals surface area contributed by atoms with E-state index in [1.54, 1.807) is 6.07 Å². The van der Waals surface area contributed by atoms with Crippen LogP contribution in [-0.2, 0) is 0 Å². The highest BCUT2D eigenvalue weighted by Gasteiger charge is 2.06. The summed E-state index contributed by atoms with van der Waals surface area (Å²) in [5.41, 5.74) is 0.726. The number of aromatic nitrogens is 2. The van der Waals surface area contributed by atoms with Gasteiger partial charge >= 0.3 is 5.35 Å². The van der Waals surface area contributed by atoms with Gasteiger partial charge in [-0.2, -0.15) is 0 Å². The molecule has 2 aromatic heterocycles. The van der Waals surface area contributed by atoms with Gasteiger partial charge in [0.05, 0.1) is 11.8 Å². The van der Waals surface area contributed by atoms with Crippen LogP contribution in [0.1, 0.15) is 0 Å². The Labute approximate surface area is 66.8 Å². The summed E-state index contributed by atoms with van der Waals surface area (Å²) < 4.78 is 9.72. The second-order valence-corrected chi connectivity index (χ2v) is 2.20. The molecule has 0 fully saturated rings. The van der Waals surface area contributed by atoms with Gasteiger partial charge in [0.2, 0.25) is 0 Å². The third-order valence-electron chi connectivity index (χ3n) is 1.17. The Morgan fingerprint density at radius 1 is 1.36 bits per heavy atom. The molecule has 0 atom stereocenters. The Morgan fingerprint density at radius 3 is 2.82 bits per heavy atom. The number of hydrogen-bond donors (Lipinski definition) is 0. The summed E-state index contributed by atoms with van der Waals surface area (Å²) in [6, 6.07) is 1.71. The third kappa shape index (κ3) is 1.12. The van der Waals surface area contributed by atoms with E-state index >= 15 is 0 Å². The lowest BCUT2D eigenvalue weighted by atomic mass is 10.3. The van der Waals surface area contributed by atoms with Crippen molar-refractivity contribution < 1.29 is 8.83 Å². The molecule has 0 saturated heterocycles. The minimum Gasteiger partial charge on any atom is -0.472 e. The fraction of sp³-hybridized carbons (Fsp3) is 0. The van der Waals surface area contributed by atoms with Crippen molar-refractivity contribution in [3.8, 4) is 11.5 Å². The van der Waals surface area contributed by atoms with E-state index in [1.807, 2.05) is 0 Å². The molecule has 0 aliphatic carbocycles. The zero-order valence-electron chi connectivity index (χ0n) is 5.32. The minimum absolute atomic E-state index is 0.0289. The summed E-state index contributed by atoms with van der Waals surface area (Å²) in [4.78, 5) is 0. The van der Waals surface area contributed by atoms with Gasteiger partial charge in [-0.1, -0.05) is 5.10 Å². The molecule has 0 saturated carbocycles. The highest BCUT2D eigenvalue weighted by atomic mass is 35.5. The zero-order valence-corrected chi connectivity index (χ0v) is 6.08. The molecular formula is C6H3ClN2O2. The molecule has 2 rings (SSSR count). The van der Waals surface area contributed by atoms with Crippen LogP contribution < -0.4 is 0 Å². The van der Waals surface area contributed by atoms with Crippen molar-refractivity contribution in [2.45, 2.75) is 0 Å². The number of furan rings is 1. The van der Waals surface area contributed by atoms with Crippen molar-refractivity contribution in [1.29, 1.82) is 0 Å². The second kappa shape index (κ2) is 2.39. The number of hydrogen-bond acceptors (Lipinski definition) is 4. The van der Waals surface area contributed by atoms with Gasteiger partial charge < -0.3 is 8.83 Å². The van der Waals surface area contributed by atoms with Crippen LogP contribution in [-0.4, -0.2) is 10.2 Å². The van der Waals surface area contributed by atoms with Crippen LogP contribution in [0, 0.1) is 0 Å². The molecule has 0 aliphatic rings. The van der Waals surface area contributed by atoms with Gasteiger partial charge in [0, 0.05) is 0 Å². The number of halogens is 1. The first-order valence-corrected chi connectivity index (χ1v) is 3.25. The van der Waals surface area contributed by atoms with Crippen LogP contribution in [0.15, 0.2) is 27.4 Å². The van der Waals surface area contributed by atoms with E-state index in [2.05, 4.69) is 10.2 Å². The molecule has 0 amide bonds. The van der Waals surface area contributed by atoms with Gasteiger partial charge in [0.25, 0.3) is 5.89 Å². The Bertz CT molecular complexity index is 341. The monoisotopic (exact) mass is 170 g/mol. The summed E-state index contributed by atoms with van der Waals surface area (Å²) in [7, 11) is 0. The maximum atomic E-state index is 5.41. The van der Waals surface area contributed by atoms with Crippen molar-refractivity contribution in [3.63, 3.8) is 0 Å². The molecular weight excluding hydrogens is 168 g/mol. The molecule has 0 spiro atoms. The maximum Gasteiger partial charge on any atom is 0.313 e. The van der Waals surface area contributed by atoms with E-state index in [4.69, 9.17) is 20.4 Å². The minimum atomic E-state index is 0.0289. The number of nitrogens with zero attached hydrogens (tertiary/aromatic N) is 2. The SMILES string of the molecule is Clc1nnc(-c2ccoc2)o1. The van der Waals surface area contributed by atoms with E-state index in [-0.39, 0.29) is 5.35 Å². The van der Waals surface area contributed by atoms with Gasteiger partial charge in [-0.05, 0) is 17.7 Å². The fourth-order valence-corrected chi connectivity index (χ4v) is 0.819. The first kappa shape index (κ1) is 6.42. The van der Waals surface area contributed by atoms with Crippen LogP contribution in [0.4, 0.5) is 0 Å². The molecule has 0 aromatic carbocycles. The van der Waals surface area contributed by atoms with E-state index in [9.17, 15) is 0 Å². The molecule has 4 nitrogen and oxygen atoms in total. The molecule has 5 heteroatoms. The van der Waals surface area contributed by atoms with E-state index < -0.39 is 0 Å². The average molecular weight is 171 g/mol. The molecule has 11 heavy (non-hydrogen) atoms. The summed E-state index contributed by atoms with van der Waals surface area (Å²) in [5.74, 6) is 0.365. The number of rotatable bonds is 1. The zero-order chi connectivity index (χ0) is 7.68. The molecule has 0 bridgehead atoms. The predicted molar refractivity (Wildman–Crippen MR) is 37.0 cm³/mol. The van der Waals surface area contributed by atoms with Crippen LogP contribution in [0.25, 0.3) is 11.5 Å². The van der Waals surface area contributed by atoms with Gasteiger partial charge in [-0.3, -0.25) is 0 Å². The first-order chi connectivity index (χ1) is 5.36. The highest BCUT2D eigenvalue weighted by molar-refractivity contribution is 6.27. The predicted octanol–water partition coefficient (Wildman–Crippen LogP) is 1.98. The van der Waals surface area contributed by atoms with Crippen molar-refractivity contribution in [3.05, 3.63) is 23.9 Å². The van der Waals surface area contributed by atoms with Gasteiger partial charge in [0.15, 0.2) is 0 Å². The lowest BCUT2D eigenvalue weighted by Crippen LogP contribution is -1.71. The summed E-state index contributed by atoms with van der Waals surface area (Å²) in [6.07, 6.45) is 3.03. The second-order valence-electron chi connectivity index (χ2n) is 1.87. The topological polar surface area (TPSA) is 52.1 Å². The molecule has 0 unspecified atom stereocenters. The van der Waals surface area contributed by atoms with Gasteiger partial charge in [-0.15, -0.1) is 5.10 Å². The Hall–Kier alpha value is -1.29. The molecule has 0 N–H and O–H groups in total. The summed E-state index contributed by atoms with van der Waals surface area (Å²) >= 11 is 5.41. The van der Waals surface area contributed by atoms with Crippen molar-refractivity contribution in [2.24, 2.45) is 0 Å². The molecule has 2 aromatic rings. The van der Waals surface area contributed by atoms with Crippen LogP contribution >= 0.6 is 11.6 Å². The van der Waals surface area contributed by atoms with Crippen molar-refractivity contribution in [2.75, 3.05) is 0 Å². The van der Waals surface area contributed by atoms with E-state index in [0.717, 1.165) is 5.56 Å². The normalized spacial score (nSPS) is 10.3. The molecule has 0 aliphatic heterocycles. The highest BCUT2D eigenvalue weighted by Crippen LogP contribution is 2.19. The third-order valence-corrected chi connectivity index (χ3v) is 1.32. The Morgan fingerprint density at radius 2 is 2.27 bits per heavy atom. The van der Waals surface area contributed by atoms with E-state index in [1.165, 1.54) is 12.5 Å². The molecule has 56 valence electrons. The van der Waals surface area contributed by atoms with Crippen LogP contribution in [0.2, 0.25) is 5.35 Å². The Kier molecular flexibility index (Phi) is 1.40. The lowest BCUT2D eigenvalue weighted by Gasteiger charge is -1.80. The largest absolute Gasteiger partial charge is 0.472 e. The summed E-state index contributed by atoms with van der Waals surface area (Å²) in [5, 5.41) is 7.16. The van der Waals surface area contributed by atoms with Gasteiger partial charge in [-0.25, -0.2) is 0 Å². The smallest absolute Gasteiger partial charge is 0.313 e. The van der Waals surface area contributed by atoms with Crippen molar-refractivity contribution in [1.82, 2.24) is 10.2 Å². The van der Waals surface area contributed by atoms with Crippen molar-refractivity contribution >= 4 is 11.6 Å². The first-order valence-electron chi connectivity index (χ1n) is 2.88. The fourth-order valence-electron chi connectivity index (χ4n) is 0.708. The standard InChI is InChI=1S/C6H3ClN2O2/c7-6-9-8-5(11-6)4-1-2-10-3-4/h1-3H. The van der Waals surface area contributed by atoms with E-state index in [0.29, 0.717) is 5.89 Å². The quantitative estimate of drug-likeness (QED) is 0.657. The van der Waals surface area contributed by atoms with Gasteiger partial charge in [0.1, 0.15) is 6.26 Å².